The van der Waals surface area contributed by atoms with Gasteiger partial charge in [-0.15, -0.1) is 0 Å². The molecule has 0 aromatic heterocycles. The summed E-state index contributed by atoms with van der Waals surface area (Å²) in [6, 6.07) is 2.65. The van der Waals surface area contributed by atoms with Crippen molar-refractivity contribution in [1.82, 2.24) is 19.6 Å². The predicted octanol–water partition coefficient (Wildman–Crippen LogP) is -1.46. The van der Waals surface area contributed by atoms with Gasteiger partial charge < -0.3 is 49.6 Å². The molecule has 0 amide bonds. The number of methoxy groups -OCH3 is 1. The van der Waals surface area contributed by atoms with Crippen LogP contribution in [0, 0.1) is 0 Å². The molecule has 1 fully saturated rings. The fraction of sp³-hybridized carbons (Fsp3) is 0.714. The molecule has 1 aliphatic rings. The molecule has 1 heterocycles. The van der Waals surface area contributed by atoms with Crippen LogP contribution in [0.2, 0.25) is 0 Å². The first kappa shape index (κ1) is 45.7. The molecule has 0 radical (unpaired) electrons. The Hall–Kier alpha value is -3.46. The number of benzene rings is 1. The summed E-state index contributed by atoms with van der Waals surface area (Å²) >= 11 is 0. The maximum absolute atomic E-state index is 12.7. The van der Waals surface area contributed by atoms with Crippen molar-refractivity contribution in [2.75, 3.05) is 112 Å². The summed E-state index contributed by atoms with van der Waals surface area (Å²) in [5.41, 5.74) is 0.976. The lowest BCUT2D eigenvalue weighted by Crippen LogP contribution is -2.57. The van der Waals surface area contributed by atoms with Crippen LogP contribution in [0.15, 0.2) is 24.3 Å². The second-order valence-electron chi connectivity index (χ2n) is 12.5. The van der Waals surface area contributed by atoms with E-state index in [0.717, 1.165) is 5.56 Å². The number of aliphatic carboxylic acids is 3. The van der Waals surface area contributed by atoms with Crippen LogP contribution < -0.4 is 4.74 Å². The second-order valence-corrected chi connectivity index (χ2v) is 12.5. The lowest BCUT2D eigenvalue weighted by molar-refractivity contribution is -0.151. The van der Waals surface area contributed by atoms with Gasteiger partial charge in [-0.25, -0.2) is 0 Å². The van der Waals surface area contributed by atoms with Gasteiger partial charge in [0.25, 0.3) is 0 Å². The summed E-state index contributed by atoms with van der Waals surface area (Å²) in [4.78, 5) is 55.7. The van der Waals surface area contributed by atoms with Crippen molar-refractivity contribution in [2.24, 2.45) is 0 Å². The molecule has 1 saturated heterocycles. The van der Waals surface area contributed by atoms with E-state index >= 15 is 0 Å². The largest absolute Gasteiger partial charge is 0.491 e. The van der Waals surface area contributed by atoms with Crippen LogP contribution in [-0.2, 0) is 39.8 Å². The van der Waals surface area contributed by atoms with E-state index in [2.05, 4.69) is 0 Å². The van der Waals surface area contributed by atoms with Gasteiger partial charge in [0.15, 0.2) is 0 Å². The number of aliphatic hydroxyl groups is 3. The minimum atomic E-state index is -1.35. The summed E-state index contributed by atoms with van der Waals surface area (Å²) in [6.45, 7) is 2.43. The van der Waals surface area contributed by atoms with Gasteiger partial charge in [-0.3, -0.25) is 38.8 Å². The standard InChI is InChI=1S/C35H58N4O14/c1-3-51-19-20-52-21-22-53-27-9-7-26(8-10-27)5-4-6-28(32(43)44)36-11-13-37(29(23-40)33(45)46)14-15-38(30(24-41)34(47)48)16-18-39(17-12-36)31(25-42)35(49)50-2/h7-10,28-31,40-42H,3-6,11-25H2,1-2H3,(H,43,44)(H,45,46)(H,47,48)/t28-,29+,30+,31-/m0/s1. The molecule has 53 heavy (non-hydrogen) atoms. The molecule has 18 heteroatoms. The molecule has 1 aliphatic heterocycles. The lowest BCUT2D eigenvalue weighted by atomic mass is 10.0. The summed E-state index contributed by atoms with van der Waals surface area (Å²) in [7, 11) is 1.17. The normalized spacial score (nSPS) is 18.2. The van der Waals surface area contributed by atoms with Gasteiger partial charge in [0.1, 0.15) is 36.5 Å². The van der Waals surface area contributed by atoms with E-state index in [4.69, 9.17) is 18.9 Å². The molecule has 0 unspecified atom stereocenters. The third-order valence-electron chi connectivity index (χ3n) is 9.25. The van der Waals surface area contributed by atoms with E-state index < -0.39 is 67.9 Å². The Morgan fingerprint density at radius 3 is 1.45 bits per heavy atom. The molecular formula is C35H58N4O14. The smallest absolute Gasteiger partial charge is 0.325 e. The van der Waals surface area contributed by atoms with Crippen LogP contribution in [0.5, 0.6) is 5.75 Å². The van der Waals surface area contributed by atoms with E-state index in [1.807, 2.05) is 31.2 Å². The number of carbonyl (C=O) groups excluding carboxylic acids is 1. The van der Waals surface area contributed by atoms with Crippen LogP contribution in [0.3, 0.4) is 0 Å². The van der Waals surface area contributed by atoms with Gasteiger partial charge in [0, 0.05) is 59.0 Å². The molecule has 1 aromatic carbocycles. The molecule has 0 bridgehead atoms. The molecule has 6 N–H and O–H groups in total. The Labute approximate surface area is 310 Å². The van der Waals surface area contributed by atoms with Crippen molar-refractivity contribution in [2.45, 2.75) is 50.4 Å². The SMILES string of the molecule is CCOCCOCCOc1ccc(CCC[C@@H](C(=O)O)N2CCN([C@H](CO)C(=O)O)CCN([C@H](CO)C(=O)O)CCN([C@@H](CO)C(=O)OC)CC2)cc1. The summed E-state index contributed by atoms with van der Waals surface area (Å²) in [6.07, 6.45) is 1.31. The first-order valence-electron chi connectivity index (χ1n) is 17.9. The molecule has 0 spiro atoms. The van der Waals surface area contributed by atoms with Crippen LogP contribution in [0.25, 0.3) is 0 Å². The first-order valence-corrected chi connectivity index (χ1v) is 17.9. The monoisotopic (exact) mass is 758 g/mol. The lowest BCUT2D eigenvalue weighted by Gasteiger charge is -2.39. The quantitative estimate of drug-likeness (QED) is 0.0552. The fourth-order valence-corrected chi connectivity index (χ4v) is 6.19. The predicted molar refractivity (Wildman–Crippen MR) is 190 cm³/mol. The molecule has 4 atom stereocenters. The van der Waals surface area contributed by atoms with Gasteiger partial charge in [0.05, 0.1) is 46.8 Å². The molecular weight excluding hydrogens is 700 g/mol. The maximum Gasteiger partial charge on any atom is 0.325 e. The minimum Gasteiger partial charge on any atom is -0.491 e. The van der Waals surface area contributed by atoms with E-state index in [9.17, 15) is 49.8 Å². The Kier molecular flexibility index (Phi) is 22.0. The molecule has 1 aromatic rings. The third kappa shape index (κ3) is 15.8. The number of carbonyl (C=O) groups is 4. The highest BCUT2D eigenvalue weighted by atomic mass is 16.5. The van der Waals surface area contributed by atoms with E-state index in [1.165, 1.54) is 16.9 Å². The minimum absolute atomic E-state index is 0.00542. The Morgan fingerprint density at radius 1 is 0.623 bits per heavy atom. The van der Waals surface area contributed by atoms with Gasteiger partial charge in [0.2, 0.25) is 0 Å². The number of ether oxygens (including phenoxy) is 4. The van der Waals surface area contributed by atoms with Crippen LogP contribution in [-0.4, -0.2) is 211 Å². The highest BCUT2D eigenvalue weighted by Crippen LogP contribution is 2.18. The molecule has 18 nitrogen and oxygen atoms in total. The van der Waals surface area contributed by atoms with Gasteiger partial charge in [-0.2, -0.15) is 0 Å². The number of aryl methyl sites for hydroxylation is 1. The third-order valence-corrected chi connectivity index (χ3v) is 9.25. The van der Waals surface area contributed by atoms with Crippen molar-refractivity contribution in [1.29, 1.82) is 0 Å². The highest BCUT2D eigenvalue weighted by molar-refractivity contribution is 5.76. The van der Waals surface area contributed by atoms with Gasteiger partial charge in [-0.1, -0.05) is 12.1 Å². The van der Waals surface area contributed by atoms with Crippen molar-refractivity contribution in [3.05, 3.63) is 29.8 Å². The van der Waals surface area contributed by atoms with Gasteiger partial charge >= 0.3 is 23.9 Å². The van der Waals surface area contributed by atoms with E-state index in [-0.39, 0.29) is 58.8 Å². The first-order chi connectivity index (χ1) is 25.5. The number of aliphatic hydroxyl groups excluding tert-OH is 3. The molecule has 0 aliphatic carbocycles. The van der Waals surface area contributed by atoms with E-state index in [0.29, 0.717) is 51.6 Å². The number of hydrogen-bond acceptors (Lipinski definition) is 15. The zero-order valence-corrected chi connectivity index (χ0v) is 30.8. The van der Waals surface area contributed by atoms with Crippen molar-refractivity contribution < 1.29 is 68.8 Å². The fourth-order valence-electron chi connectivity index (χ4n) is 6.19. The Morgan fingerprint density at radius 2 is 1.04 bits per heavy atom. The van der Waals surface area contributed by atoms with Gasteiger partial charge in [-0.05, 0) is 43.9 Å². The van der Waals surface area contributed by atoms with Crippen molar-refractivity contribution in [3.8, 4) is 5.75 Å². The average molecular weight is 759 g/mol. The maximum atomic E-state index is 12.7. The highest BCUT2D eigenvalue weighted by Gasteiger charge is 2.34. The Bertz CT molecular complexity index is 1230. The summed E-state index contributed by atoms with van der Waals surface area (Å²) < 4.78 is 21.3. The zero-order chi connectivity index (χ0) is 39.2. The molecule has 0 saturated carbocycles. The van der Waals surface area contributed by atoms with Crippen LogP contribution >= 0.6 is 0 Å². The second kappa shape index (κ2) is 25.5. The number of nitrogens with zero attached hydrogens (tertiary/aromatic N) is 4. The van der Waals surface area contributed by atoms with E-state index in [1.54, 1.807) is 9.80 Å². The van der Waals surface area contributed by atoms with Crippen LogP contribution in [0.1, 0.15) is 25.3 Å². The van der Waals surface area contributed by atoms with Crippen molar-refractivity contribution in [3.63, 3.8) is 0 Å². The number of carboxylic acids is 3. The molecule has 2 rings (SSSR count). The summed E-state index contributed by atoms with van der Waals surface area (Å²) in [5.74, 6) is -3.76. The number of carboxylic acid groups (broad SMARTS) is 3. The topological polar surface area (TPSA) is 240 Å². The Balaban J connectivity index is 2.25. The van der Waals surface area contributed by atoms with Crippen LogP contribution in [0.4, 0.5) is 0 Å². The summed E-state index contributed by atoms with van der Waals surface area (Å²) in [5, 5.41) is 60.1. The number of esters is 1. The van der Waals surface area contributed by atoms with Crippen molar-refractivity contribution >= 4 is 23.9 Å². The molecule has 302 valence electrons. The average Bonchev–Trinajstić information content (AvgIpc) is 3.13. The number of rotatable bonds is 23. The number of hydrogen-bond donors (Lipinski definition) is 6. The zero-order valence-electron chi connectivity index (χ0n) is 30.8.